The monoisotopic (exact) mass is 279 g/mol. The first-order chi connectivity index (χ1) is 9.11. The van der Waals surface area contributed by atoms with Crippen LogP contribution in [0.4, 0.5) is 0 Å². The van der Waals surface area contributed by atoms with E-state index in [2.05, 4.69) is 15.4 Å². The molecule has 0 unspecified atom stereocenters. The lowest BCUT2D eigenvalue weighted by molar-refractivity contribution is 0.318. The first-order valence-electron chi connectivity index (χ1n) is 5.43. The first kappa shape index (κ1) is 13.2. The summed E-state index contributed by atoms with van der Waals surface area (Å²) in [7, 11) is 1.66. The summed E-state index contributed by atoms with van der Waals surface area (Å²) in [4.78, 5) is 11.2. The molecule has 0 aliphatic rings. The molecule has 100 valence electrons. The number of rotatable bonds is 4. The molecule has 0 atom stereocenters. The van der Waals surface area contributed by atoms with Crippen molar-refractivity contribution in [3.8, 4) is 0 Å². The number of hydrogen-bond donors (Lipinski definition) is 3. The number of aromatic nitrogens is 3. The van der Waals surface area contributed by atoms with Crippen LogP contribution in [0, 0.1) is 0 Å². The van der Waals surface area contributed by atoms with Crippen molar-refractivity contribution in [1.29, 1.82) is 0 Å². The summed E-state index contributed by atoms with van der Waals surface area (Å²) >= 11 is 1.45. The van der Waals surface area contributed by atoms with E-state index in [1.54, 1.807) is 19.2 Å². The van der Waals surface area contributed by atoms with Gasteiger partial charge in [0.15, 0.2) is 11.0 Å². The van der Waals surface area contributed by atoms with Gasteiger partial charge in [0.05, 0.1) is 0 Å². The largest absolute Gasteiger partial charge is 0.409 e. The van der Waals surface area contributed by atoms with Gasteiger partial charge in [-0.2, -0.15) is 0 Å². The van der Waals surface area contributed by atoms with Gasteiger partial charge in [-0.15, -0.1) is 5.10 Å². The highest BCUT2D eigenvalue weighted by Crippen LogP contribution is 2.19. The van der Waals surface area contributed by atoms with Gasteiger partial charge in [-0.3, -0.25) is 4.57 Å². The summed E-state index contributed by atoms with van der Waals surface area (Å²) < 4.78 is 1.45. The number of nitrogens with one attached hydrogen (secondary N) is 1. The van der Waals surface area contributed by atoms with E-state index in [9.17, 15) is 4.79 Å². The molecule has 0 saturated carbocycles. The second-order valence-electron chi connectivity index (χ2n) is 3.84. The van der Waals surface area contributed by atoms with Gasteiger partial charge in [-0.05, 0) is 5.56 Å². The lowest BCUT2D eigenvalue weighted by Gasteiger charge is -2.02. The minimum absolute atomic E-state index is 0.0777. The number of nitrogens with two attached hydrogens (primary N) is 1. The number of hydrogen-bond acceptors (Lipinski definition) is 5. The van der Waals surface area contributed by atoms with Gasteiger partial charge >= 0.3 is 5.69 Å². The van der Waals surface area contributed by atoms with Gasteiger partial charge in [0.25, 0.3) is 0 Å². The molecule has 7 nitrogen and oxygen atoms in total. The summed E-state index contributed by atoms with van der Waals surface area (Å²) in [6.45, 7) is 0. The summed E-state index contributed by atoms with van der Waals surface area (Å²) in [6, 6.07) is 7.30. The zero-order valence-electron chi connectivity index (χ0n) is 10.2. The molecule has 19 heavy (non-hydrogen) atoms. The predicted molar refractivity (Wildman–Crippen MR) is 72.3 cm³/mol. The van der Waals surface area contributed by atoms with Gasteiger partial charge in [0.1, 0.15) is 0 Å². The third kappa shape index (κ3) is 2.97. The third-order valence-electron chi connectivity index (χ3n) is 2.56. The Morgan fingerprint density at radius 3 is 2.74 bits per heavy atom. The molecule has 8 heteroatoms. The minimum Gasteiger partial charge on any atom is -0.409 e. The number of thioether (sulfide) groups is 1. The Labute approximate surface area is 113 Å². The Bertz CT molecular complexity index is 644. The van der Waals surface area contributed by atoms with Crippen LogP contribution in [0.2, 0.25) is 0 Å². The van der Waals surface area contributed by atoms with Crippen LogP contribution in [0.3, 0.4) is 0 Å². The van der Waals surface area contributed by atoms with Crippen LogP contribution in [0.1, 0.15) is 11.1 Å². The Morgan fingerprint density at radius 1 is 1.53 bits per heavy atom. The molecule has 1 heterocycles. The van der Waals surface area contributed by atoms with E-state index >= 15 is 0 Å². The summed E-state index contributed by atoms with van der Waals surface area (Å²) in [5.41, 5.74) is 6.95. The predicted octanol–water partition coefficient (Wildman–Crippen LogP) is 0.495. The normalized spacial score (nSPS) is 11.7. The second-order valence-corrected chi connectivity index (χ2v) is 4.78. The van der Waals surface area contributed by atoms with Crippen LogP contribution in [0.5, 0.6) is 0 Å². The highest BCUT2D eigenvalue weighted by molar-refractivity contribution is 7.98. The highest BCUT2D eigenvalue weighted by Gasteiger charge is 2.05. The highest BCUT2D eigenvalue weighted by atomic mass is 32.2. The molecule has 0 amide bonds. The smallest absolute Gasteiger partial charge is 0.343 e. The molecular weight excluding hydrogens is 266 g/mol. The number of benzene rings is 1. The standard InChI is InChI=1S/C11H13N5O2S/c1-16-10(17)13-14-11(16)19-6-7-2-4-8(5-3-7)9(12)15-18/h2-5,18H,6H2,1H3,(H2,12,15)(H,13,17). The van der Waals surface area contributed by atoms with Gasteiger partial charge < -0.3 is 10.9 Å². The van der Waals surface area contributed by atoms with Gasteiger partial charge in [-0.1, -0.05) is 41.2 Å². The molecular formula is C11H13N5O2S. The van der Waals surface area contributed by atoms with Crippen molar-refractivity contribution in [3.05, 3.63) is 45.9 Å². The molecule has 0 spiro atoms. The number of amidine groups is 1. The minimum atomic E-state index is -0.232. The molecule has 2 aromatic rings. The van der Waals surface area contributed by atoms with Crippen LogP contribution < -0.4 is 11.4 Å². The molecule has 4 N–H and O–H groups in total. The quantitative estimate of drug-likeness (QED) is 0.248. The van der Waals surface area contributed by atoms with Crippen molar-refractivity contribution in [2.24, 2.45) is 17.9 Å². The van der Waals surface area contributed by atoms with E-state index in [0.717, 1.165) is 5.56 Å². The van der Waals surface area contributed by atoms with Gasteiger partial charge in [0.2, 0.25) is 0 Å². The molecule has 0 radical (unpaired) electrons. The second kappa shape index (κ2) is 5.61. The zero-order valence-corrected chi connectivity index (χ0v) is 11.0. The zero-order chi connectivity index (χ0) is 13.8. The molecule has 1 aromatic heterocycles. The number of nitrogens with zero attached hydrogens (tertiary/aromatic N) is 3. The molecule has 0 fully saturated rings. The lowest BCUT2D eigenvalue weighted by Crippen LogP contribution is -2.13. The molecule has 0 saturated heterocycles. The summed E-state index contributed by atoms with van der Waals surface area (Å²) in [5, 5.41) is 18.4. The Balaban J connectivity index is 2.04. The first-order valence-corrected chi connectivity index (χ1v) is 6.41. The number of H-pyrrole nitrogens is 1. The van der Waals surface area contributed by atoms with E-state index < -0.39 is 0 Å². The van der Waals surface area contributed by atoms with Gasteiger partial charge in [-0.25, -0.2) is 9.89 Å². The maximum atomic E-state index is 11.2. The van der Waals surface area contributed by atoms with Crippen LogP contribution in [-0.2, 0) is 12.8 Å². The molecule has 0 aliphatic heterocycles. The van der Waals surface area contributed by atoms with Crippen LogP contribution in [0.15, 0.2) is 39.4 Å². The number of aromatic amines is 1. The van der Waals surface area contributed by atoms with E-state index in [1.807, 2.05) is 12.1 Å². The lowest BCUT2D eigenvalue weighted by atomic mass is 10.1. The van der Waals surface area contributed by atoms with Crippen LogP contribution in [0.25, 0.3) is 0 Å². The maximum Gasteiger partial charge on any atom is 0.343 e. The van der Waals surface area contributed by atoms with E-state index in [4.69, 9.17) is 10.9 Å². The average molecular weight is 279 g/mol. The van der Waals surface area contributed by atoms with Crippen molar-refractivity contribution in [2.75, 3.05) is 0 Å². The Kier molecular flexibility index (Phi) is 3.91. The SMILES string of the molecule is Cn1c(SCc2ccc(C(N)=NO)cc2)n[nH]c1=O. The maximum absolute atomic E-state index is 11.2. The van der Waals surface area contributed by atoms with Crippen LogP contribution in [-0.4, -0.2) is 25.8 Å². The molecule has 0 bridgehead atoms. The summed E-state index contributed by atoms with van der Waals surface area (Å²) in [5.74, 6) is 0.753. The van der Waals surface area contributed by atoms with Crippen molar-refractivity contribution in [1.82, 2.24) is 14.8 Å². The fourth-order valence-corrected chi connectivity index (χ4v) is 2.31. The topological polar surface area (TPSA) is 109 Å². The van der Waals surface area contributed by atoms with Crippen molar-refractivity contribution >= 4 is 17.6 Å². The molecule has 1 aromatic carbocycles. The fraction of sp³-hybridized carbons (Fsp3) is 0.182. The van der Waals surface area contributed by atoms with E-state index in [0.29, 0.717) is 16.5 Å². The van der Waals surface area contributed by atoms with E-state index in [-0.39, 0.29) is 11.5 Å². The third-order valence-corrected chi connectivity index (χ3v) is 3.67. The van der Waals surface area contributed by atoms with Crippen molar-refractivity contribution in [2.45, 2.75) is 10.9 Å². The van der Waals surface area contributed by atoms with Gasteiger partial charge in [0, 0.05) is 18.4 Å². The Morgan fingerprint density at radius 2 is 2.21 bits per heavy atom. The summed E-state index contributed by atoms with van der Waals surface area (Å²) in [6.07, 6.45) is 0. The van der Waals surface area contributed by atoms with Crippen molar-refractivity contribution in [3.63, 3.8) is 0 Å². The Hall–Kier alpha value is -2.22. The van der Waals surface area contributed by atoms with E-state index in [1.165, 1.54) is 16.3 Å². The average Bonchev–Trinajstić information content (AvgIpc) is 2.76. The van der Waals surface area contributed by atoms with Crippen molar-refractivity contribution < 1.29 is 5.21 Å². The van der Waals surface area contributed by atoms with Crippen LogP contribution >= 0.6 is 11.8 Å². The molecule has 0 aliphatic carbocycles. The fourth-order valence-electron chi connectivity index (χ4n) is 1.44. The molecule has 2 rings (SSSR count). The number of oxime groups is 1.